The summed E-state index contributed by atoms with van der Waals surface area (Å²) in [7, 11) is 0. The number of hydrogen-bond donors (Lipinski definition) is 1. The molecule has 27 heavy (non-hydrogen) atoms. The van der Waals surface area contributed by atoms with Crippen LogP contribution in [0.15, 0.2) is 84.8 Å². The van der Waals surface area contributed by atoms with E-state index < -0.39 is 0 Å². The summed E-state index contributed by atoms with van der Waals surface area (Å²) in [6, 6.07) is 14.5. The van der Waals surface area contributed by atoms with Gasteiger partial charge in [-0.1, -0.05) is 55.1 Å². The highest BCUT2D eigenvalue weighted by Crippen LogP contribution is 2.27. The summed E-state index contributed by atoms with van der Waals surface area (Å²) >= 11 is 0. The fraction of sp³-hybridized carbons (Fsp3) is 0.125. The molecular formula is C24H25N3. The first-order chi connectivity index (χ1) is 13.0. The number of benzene rings is 2. The Morgan fingerprint density at radius 2 is 1.81 bits per heavy atom. The third-order valence-corrected chi connectivity index (χ3v) is 4.49. The number of aryl methyl sites for hydroxylation is 2. The Balaban J connectivity index is 2.00. The number of amidine groups is 1. The van der Waals surface area contributed by atoms with E-state index in [2.05, 4.69) is 62.7 Å². The van der Waals surface area contributed by atoms with Gasteiger partial charge in [0, 0.05) is 23.7 Å². The van der Waals surface area contributed by atoms with Gasteiger partial charge in [-0.15, -0.1) is 0 Å². The summed E-state index contributed by atoms with van der Waals surface area (Å²) in [6.07, 6.45) is 7.85. The molecule has 0 amide bonds. The number of rotatable bonds is 4. The molecule has 1 N–H and O–H groups in total. The molecular weight excluding hydrogens is 330 g/mol. The second-order valence-electron chi connectivity index (χ2n) is 6.58. The van der Waals surface area contributed by atoms with Crippen molar-refractivity contribution in [3.63, 3.8) is 0 Å². The molecule has 0 spiro atoms. The van der Waals surface area contributed by atoms with Gasteiger partial charge in [0.1, 0.15) is 0 Å². The maximum absolute atomic E-state index is 4.85. The molecule has 1 aliphatic heterocycles. The molecule has 0 bridgehead atoms. The van der Waals surface area contributed by atoms with E-state index in [1.165, 1.54) is 11.1 Å². The van der Waals surface area contributed by atoms with E-state index in [1.54, 1.807) is 0 Å². The maximum atomic E-state index is 4.85. The molecule has 0 saturated heterocycles. The summed E-state index contributed by atoms with van der Waals surface area (Å²) in [5.74, 6) is 0.736. The lowest BCUT2D eigenvalue weighted by atomic mass is 10.0. The Hall–Kier alpha value is -3.33. The Morgan fingerprint density at radius 1 is 1.07 bits per heavy atom. The van der Waals surface area contributed by atoms with Crippen molar-refractivity contribution in [2.24, 2.45) is 4.99 Å². The van der Waals surface area contributed by atoms with Crippen molar-refractivity contribution >= 4 is 23.3 Å². The zero-order valence-corrected chi connectivity index (χ0v) is 16.2. The van der Waals surface area contributed by atoms with Gasteiger partial charge in [0.15, 0.2) is 5.84 Å². The van der Waals surface area contributed by atoms with Crippen LogP contribution >= 0.6 is 0 Å². The fourth-order valence-electron chi connectivity index (χ4n) is 2.92. The SMILES string of the molecule is C=Cc1ccc(C2=CN(/C=C\C)C(=C)C(Nc3ccc(C)cc3)=N2)cc1C. The number of nitrogens with zero attached hydrogens (tertiary/aromatic N) is 2. The van der Waals surface area contributed by atoms with Crippen molar-refractivity contribution in [3.8, 4) is 0 Å². The molecule has 0 fully saturated rings. The lowest BCUT2D eigenvalue weighted by Gasteiger charge is -2.26. The molecule has 3 nitrogen and oxygen atoms in total. The van der Waals surface area contributed by atoms with Gasteiger partial charge in [-0.3, -0.25) is 0 Å². The Morgan fingerprint density at radius 3 is 2.44 bits per heavy atom. The van der Waals surface area contributed by atoms with Gasteiger partial charge in [0.2, 0.25) is 0 Å². The molecule has 3 heteroatoms. The van der Waals surface area contributed by atoms with Crippen molar-refractivity contribution in [2.45, 2.75) is 20.8 Å². The minimum atomic E-state index is 0.736. The number of anilines is 1. The Kier molecular flexibility index (Phi) is 5.41. The quantitative estimate of drug-likeness (QED) is 0.715. The number of nitrogens with one attached hydrogen (secondary N) is 1. The third kappa shape index (κ3) is 4.09. The second kappa shape index (κ2) is 7.92. The van der Waals surface area contributed by atoms with Crippen LogP contribution in [-0.2, 0) is 0 Å². The molecule has 0 atom stereocenters. The number of hydrogen-bond acceptors (Lipinski definition) is 3. The number of allylic oxidation sites excluding steroid dienone is 1. The van der Waals surface area contributed by atoms with E-state index in [-0.39, 0.29) is 0 Å². The van der Waals surface area contributed by atoms with Crippen molar-refractivity contribution in [3.05, 3.63) is 102 Å². The van der Waals surface area contributed by atoms with E-state index in [0.29, 0.717) is 0 Å². The summed E-state index contributed by atoms with van der Waals surface area (Å²) in [6.45, 7) is 14.2. The van der Waals surface area contributed by atoms with E-state index in [0.717, 1.165) is 34.0 Å². The van der Waals surface area contributed by atoms with Crippen molar-refractivity contribution < 1.29 is 0 Å². The predicted octanol–water partition coefficient (Wildman–Crippen LogP) is 6.12. The topological polar surface area (TPSA) is 27.6 Å². The molecule has 0 aromatic heterocycles. The molecule has 0 unspecified atom stereocenters. The van der Waals surface area contributed by atoms with E-state index in [1.807, 2.05) is 48.5 Å². The molecule has 3 rings (SSSR count). The Labute approximate surface area is 161 Å². The molecule has 0 radical (unpaired) electrons. The molecule has 1 heterocycles. The van der Waals surface area contributed by atoms with Crippen LogP contribution in [0.5, 0.6) is 0 Å². The summed E-state index contributed by atoms with van der Waals surface area (Å²) in [4.78, 5) is 6.84. The summed E-state index contributed by atoms with van der Waals surface area (Å²) < 4.78 is 0. The average Bonchev–Trinajstić information content (AvgIpc) is 2.66. The largest absolute Gasteiger partial charge is 0.338 e. The van der Waals surface area contributed by atoms with Crippen LogP contribution in [0.2, 0.25) is 0 Å². The van der Waals surface area contributed by atoms with Crippen LogP contribution in [0.4, 0.5) is 5.69 Å². The van der Waals surface area contributed by atoms with Crippen LogP contribution in [0, 0.1) is 13.8 Å². The summed E-state index contributed by atoms with van der Waals surface area (Å²) in [5, 5.41) is 3.40. The normalized spacial score (nSPS) is 14.2. The van der Waals surface area contributed by atoms with E-state index >= 15 is 0 Å². The van der Waals surface area contributed by atoms with Gasteiger partial charge < -0.3 is 10.2 Å². The lowest BCUT2D eigenvalue weighted by molar-refractivity contribution is 0.658. The Bertz CT molecular complexity index is 960. The maximum Gasteiger partial charge on any atom is 0.154 e. The van der Waals surface area contributed by atoms with Gasteiger partial charge in [-0.05, 0) is 50.1 Å². The van der Waals surface area contributed by atoms with Crippen molar-refractivity contribution in [1.82, 2.24) is 4.90 Å². The molecule has 136 valence electrons. The zero-order valence-electron chi connectivity index (χ0n) is 16.2. The highest BCUT2D eigenvalue weighted by Gasteiger charge is 2.18. The molecule has 1 aliphatic rings. The lowest BCUT2D eigenvalue weighted by Crippen LogP contribution is -2.26. The van der Waals surface area contributed by atoms with Crippen LogP contribution in [-0.4, -0.2) is 10.7 Å². The average molecular weight is 355 g/mol. The second-order valence-corrected chi connectivity index (χ2v) is 6.58. The van der Waals surface area contributed by atoms with Crippen LogP contribution in [0.3, 0.4) is 0 Å². The predicted molar refractivity (Wildman–Crippen MR) is 117 cm³/mol. The van der Waals surface area contributed by atoms with Gasteiger partial charge in [0.05, 0.1) is 11.4 Å². The van der Waals surface area contributed by atoms with Gasteiger partial charge >= 0.3 is 0 Å². The zero-order chi connectivity index (χ0) is 19.4. The summed E-state index contributed by atoms with van der Waals surface area (Å²) in [5.41, 5.74) is 7.26. The van der Waals surface area contributed by atoms with Gasteiger partial charge in [0.25, 0.3) is 0 Å². The highest BCUT2D eigenvalue weighted by atomic mass is 15.2. The highest BCUT2D eigenvalue weighted by molar-refractivity contribution is 6.10. The van der Waals surface area contributed by atoms with Gasteiger partial charge in [-0.2, -0.15) is 0 Å². The third-order valence-electron chi connectivity index (χ3n) is 4.49. The van der Waals surface area contributed by atoms with Crippen molar-refractivity contribution in [1.29, 1.82) is 0 Å². The minimum absolute atomic E-state index is 0.736. The standard InChI is InChI=1S/C24H25N3/c1-6-14-27-16-23(21-11-10-20(7-2)18(4)15-21)26-24(19(27)5)25-22-12-8-17(3)9-13-22/h6-16H,2,5H2,1,3-4H3,(H,25,26)/b14-6-. The van der Waals surface area contributed by atoms with Crippen LogP contribution < -0.4 is 5.32 Å². The first-order valence-electron chi connectivity index (χ1n) is 9.00. The van der Waals surface area contributed by atoms with Crippen LogP contribution in [0.1, 0.15) is 29.2 Å². The smallest absolute Gasteiger partial charge is 0.154 e. The molecule has 2 aromatic rings. The van der Waals surface area contributed by atoms with Gasteiger partial charge in [-0.25, -0.2) is 4.99 Å². The van der Waals surface area contributed by atoms with E-state index in [9.17, 15) is 0 Å². The minimum Gasteiger partial charge on any atom is -0.338 e. The molecule has 0 aliphatic carbocycles. The molecule has 0 saturated carbocycles. The van der Waals surface area contributed by atoms with Crippen molar-refractivity contribution in [2.75, 3.05) is 5.32 Å². The number of aliphatic imine (C=N–C) groups is 1. The fourth-order valence-corrected chi connectivity index (χ4v) is 2.92. The van der Waals surface area contributed by atoms with Crippen LogP contribution in [0.25, 0.3) is 11.8 Å². The first kappa shape index (κ1) is 18.5. The molecule has 2 aromatic carbocycles. The monoisotopic (exact) mass is 355 g/mol. The van der Waals surface area contributed by atoms with E-state index in [4.69, 9.17) is 4.99 Å². The first-order valence-corrected chi connectivity index (χ1v) is 9.00.